The second kappa shape index (κ2) is 10.5. The normalized spacial score (nSPS) is 12.7. The molecular weight excluding hydrogens is 256 g/mol. The molecular formula is C12H23BrO2. The van der Waals surface area contributed by atoms with E-state index < -0.39 is 5.97 Å². The molecule has 3 heteroatoms. The first kappa shape index (κ1) is 14.9. The summed E-state index contributed by atoms with van der Waals surface area (Å²) >= 11 is 3.62. The van der Waals surface area contributed by atoms with Gasteiger partial charge in [-0.1, -0.05) is 55.0 Å². The average Bonchev–Trinajstić information content (AvgIpc) is 2.21. The van der Waals surface area contributed by atoms with Gasteiger partial charge in [0.1, 0.15) is 0 Å². The van der Waals surface area contributed by atoms with E-state index in [0.29, 0.717) is 11.2 Å². The molecule has 0 spiro atoms. The number of hydrogen-bond donors (Lipinski definition) is 1. The maximum Gasteiger partial charge on any atom is 0.303 e. The third-order valence-corrected chi connectivity index (χ3v) is 3.71. The van der Waals surface area contributed by atoms with Gasteiger partial charge in [0.15, 0.2) is 0 Å². The zero-order chi connectivity index (χ0) is 11.5. The molecule has 1 atom stereocenters. The Morgan fingerprint density at radius 3 is 2.20 bits per heavy atom. The predicted molar refractivity (Wildman–Crippen MR) is 67.6 cm³/mol. The Bertz CT molecular complexity index is 160. The van der Waals surface area contributed by atoms with E-state index in [1.807, 2.05) is 0 Å². The minimum Gasteiger partial charge on any atom is -0.481 e. The van der Waals surface area contributed by atoms with Gasteiger partial charge >= 0.3 is 5.97 Å². The number of alkyl halides is 1. The zero-order valence-electron chi connectivity index (χ0n) is 9.67. The fourth-order valence-corrected chi connectivity index (χ4v) is 1.88. The Labute approximate surface area is 102 Å². The minimum absolute atomic E-state index is 0.333. The Morgan fingerprint density at radius 1 is 1.13 bits per heavy atom. The van der Waals surface area contributed by atoms with Gasteiger partial charge in [0, 0.05) is 11.2 Å². The van der Waals surface area contributed by atoms with Crippen LogP contribution in [0.2, 0.25) is 0 Å². The van der Waals surface area contributed by atoms with Crippen LogP contribution < -0.4 is 0 Å². The Kier molecular flexibility index (Phi) is 10.4. The summed E-state index contributed by atoms with van der Waals surface area (Å²) in [5, 5.41) is 8.44. The van der Waals surface area contributed by atoms with Crippen LogP contribution in [0.15, 0.2) is 0 Å². The van der Waals surface area contributed by atoms with E-state index in [4.69, 9.17) is 5.11 Å². The molecule has 0 aliphatic heterocycles. The molecule has 2 nitrogen and oxygen atoms in total. The molecule has 0 amide bonds. The molecule has 15 heavy (non-hydrogen) atoms. The summed E-state index contributed by atoms with van der Waals surface area (Å²) in [6, 6.07) is 0. The Balaban J connectivity index is 3.02. The maximum absolute atomic E-state index is 10.2. The average molecular weight is 279 g/mol. The molecule has 0 saturated carbocycles. The molecule has 0 heterocycles. The maximum atomic E-state index is 10.2. The molecule has 0 fully saturated rings. The standard InChI is InChI=1S/C12H23BrO2/c1-2-11(13)9-7-5-3-4-6-8-10-12(14)15/h11H,2-10H2,1H3,(H,14,15). The molecule has 0 aromatic carbocycles. The van der Waals surface area contributed by atoms with E-state index in [1.165, 1.54) is 38.5 Å². The summed E-state index contributed by atoms with van der Waals surface area (Å²) in [4.78, 5) is 10.9. The summed E-state index contributed by atoms with van der Waals surface area (Å²) in [5.41, 5.74) is 0. The number of carboxylic acid groups (broad SMARTS) is 1. The number of carboxylic acids is 1. The quantitative estimate of drug-likeness (QED) is 0.476. The van der Waals surface area contributed by atoms with E-state index in [0.717, 1.165) is 12.8 Å². The highest BCUT2D eigenvalue weighted by Crippen LogP contribution is 2.15. The fourth-order valence-electron chi connectivity index (χ4n) is 1.55. The van der Waals surface area contributed by atoms with Crippen molar-refractivity contribution in [2.75, 3.05) is 0 Å². The molecule has 1 unspecified atom stereocenters. The first-order valence-electron chi connectivity index (χ1n) is 6.02. The third-order valence-electron chi connectivity index (χ3n) is 2.60. The molecule has 0 aliphatic carbocycles. The van der Waals surface area contributed by atoms with Gasteiger partial charge in [-0.3, -0.25) is 4.79 Å². The van der Waals surface area contributed by atoms with Crippen LogP contribution in [-0.2, 0) is 4.79 Å². The van der Waals surface area contributed by atoms with Crippen LogP contribution in [-0.4, -0.2) is 15.9 Å². The molecule has 0 aromatic heterocycles. The molecule has 0 saturated heterocycles. The van der Waals surface area contributed by atoms with Crippen LogP contribution in [0.3, 0.4) is 0 Å². The van der Waals surface area contributed by atoms with Gasteiger partial charge in [-0.25, -0.2) is 0 Å². The zero-order valence-corrected chi connectivity index (χ0v) is 11.3. The van der Waals surface area contributed by atoms with E-state index in [9.17, 15) is 4.79 Å². The van der Waals surface area contributed by atoms with Gasteiger partial charge in [-0.15, -0.1) is 0 Å². The summed E-state index contributed by atoms with van der Waals surface area (Å²) < 4.78 is 0. The number of halogens is 1. The lowest BCUT2D eigenvalue weighted by atomic mass is 10.1. The lowest BCUT2D eigenvalue weighted by Gasteiger charge is -2.05. The van der Waals surface area contributed by atoms with Crippen molar-refractivity contribution in [1.82, 2.24) is 0 Å². The van der Waals surface area contributed by atoms with Crippen LogP contribution >= 0.6 is 15.9 Å². The van der Waals surface area contributed by atoms with Crippen molar-refractivity contribution in [3.05, 3.63) is 0 Å². The van der Waals surface area contributed by atoms with Crippen molar-refractivity contribution in [1.29, 1.82) is 0 Å². The van der Waals surface area contributed by atoms with Crippen LogP contribution in [0.1, 0.15) is 64.7 Å². The van der Waals surface area contributed by atoms with Gasteiger partial charge in [0.05, 0.1) is 0 Å². The van der Waals surface area contributed by atoms with Gasteiger partial charge in [-0.05, 0) is 19.3 Å². The molecule has 0 radical (unpaired) electrons. The van der Waals surface area contributed by atoms with E-state index in [-0.39, 0.29) is 0 Å². The predicted octanol–water partition coefficient (Wildman–Crippen LogP) is 4.37. The lowest BCUT2D eigenvalue weighted by Crippen LogP contribution is -1.95. The summed E-state index contributed by atoms with van der Waals surface area (Å²) in [7, 11) is 0. The van der Waals surface area contributed by atoms with Crippen molar-refractivity contribution >= 4 is 21.9 Å². The van der Waals surface area contributed by atoms with Crippen LogP contribution in [0.25, 0.3) is 0 Å². The third kappa shape index (κ3) is 11.9. The fraction of sp³-hybridized carbons (Fsp3) is 0.917. The molecule has 90 valence electrons. The van der Waals surface area contributed by atoms with Gasteiger partial charge < -0.3 is 5.11 Å². The van der Waals surface area contributed by atoms with Crippen LogP contribution in [0, 0.1) is 0 Å². The SMILES string of the molecule is CCC(Br)CCCCCCCCC(=O)O. The summed E-state index contributed by atoms with van der Waals surface area (Å²) in [5.74, 6) is -0.667. The second-order valence-corrected chi connectivity index (χ2v) is 5.35. The number of aliphatic carboxylic acids is 1. The number of hydrogen-bond acceptors (Lipinski definition) is 1. The highest BCUT2D eigenvalue weighted by atomic mass is 79.9. The first-order chi connectivity index (χ1) is 7.16. The number of carbonyl (C=O) groups is 1. The van der Waals surface area contributed by atoms with Crippen molar-refractivity contribution in [2.45, 2.75) is 69.5 Å². The molecule has 0 aliphatic rings. The summed E-state index contributed by atoms with van der Waals surface area (Å²) in [6.45, 7) is 2.20. The van der Waals surface area contributed by atoms with Crippen LogP contribution in [0.4, 0.5) is 0 Å². The minimum atomic E-state index is -0.667. The van der Waals surface area contributed by atoms with Gasteiger partial charge in [0.25, 0.3) is 0 Å². The van der Waals surface area contributed by atoms with Crippen molar-refractivity contribution in [3.8, 4) is 0 Å². The first-order valence-corrected chi connectivity index (χ1v) is 6.94. The monoisotopic (exact) mass is 278 g/mol. The lowest BCUT2D eigenvalue weighted by molar-refractivity contribution is -0.137. The molecule has 0 aromatic rings. The van der Waals surface area contributed by atoms with E-state index in [2.05, 4.69) is 22.9 Å². The second-order valence-electron chi connectivity index (χ2n) is 4.06. The molecule has 1 N–H and O–H groups in total. The van der Waals surface area contributed by atoms with Gasteiger partial charge in [0.2, 0.25) is 0 Å². The van der Waals surface area contributed by atoms with Gasteiger partial charge in [-0.2, -0.15) is 0 Å². The molecule has 0 rings (SSSR count). The van der Waals surface area contributed by atoms with Crippen molar-refractivity contribution in [2.24, 2.45) is 0 Å². The topological polar surface area (TPSA) is 37.3 Å². The number of rotatable bonds is 10. The van der Waals surface area contributed by atoms with Crippen LogP contribution in [0.5, 0.6) is 0 Å². The summed E-state index contributed by atoms with van der Waals surface area (Å²) in [6.07, 6.45) is 9.74. The van der Waals surface area contributed by atoms with E-state index in [1.54, 1.807) is 0 Å². The molecule has 0 bridgehead atoms. The van der Waals surface area contributed by atoms with Crippen molar-refractivity contribution in [3.63, 3.8) is 0 Å². The largest absolute Gasteiger partial charge is 0.481 e. The highest BCUT2D eigenvalue weighted by Gasteiger charge is 2.00. The Morgan fingerprint density at radius 2 is 1.67 bits per heavy atom. The van der Waals surface area contributed by atoms with Crippen molar-refractivity contribution < 1.29 is 9.90 Å². The number of unbranched alkanes of at least 4 members (excludes halogenated alkanes) is 5. The highest BCUT2D eigenvalue weighted by molar-refractivity contribution is 9.09. The smallest absolute Gasteiger partial charge is 0.303 e. The Hall–Kier alpha value is -0.0500. The van der Waals surface area contributed by atoms with E-state index >= 15 is 0 Å².